The molecule has 3 aromatic rings. The molecule has 1 nitrogen and oxygen atoms in total. The van der Waals surface area contributed by atoms with Crippen molar-refractivity contribution >= 4 is 42.0 Å². The third kappa shape index (κ3) is 5.30. The first kappa shape index (κ1) is 19.9. The molecule has 0 aliphatic carbocycles. The maximum atomic E-state index is 16.2. The van der Waals surface area contributed by atoms with E-state index in [4.69, 9.17) is 0 Å². The summed E-state index contributed by atoms with van der Waals surface area (Å²) in [5, 5.41) is 0. The van der Waals surface area contributed by atoms with Crippen molar-refractivity contribution in [3.05, 3.63) is 91.0 Å². The van der Waals surface area contributed by atoms with E-state index < -0.39 is 18.9 Å². The van der Waals surface area contributed by atoms with Crippen molar-refractivity contribution in [1.82, 2.24) is 4.31 Å². The molecule has 0 saturated carbocycles. The van der Waals surface area contributed by atoms with Crippen LogP contribution in [0.1, 0.15) is 0 Å². The van der Waals surface area contributed by atoms with Gasteiger partial charge in [-0.2, -0.15) is 0 Å². The van der Waals surface area contributed by atoms with Gasteiger partial charge in [-0.25, -0.2) is 4.31 Å². The van der Waals surface area contributed by atoms with E-state index in [9.17, 15) is 3.89 Å². The van der Waals surface area contributed by atoms with Crippen LogP contribution in [0.15, 0.2) is 91.0 Å². The van der Waals surface area contributed by atoms with Gasteiger partial charge in [-0.3, -0.25) is 0 Å². The van der Waals surface area contributed by atoms with Gasteiger partial charge >= 0.3 is 124 Å². The van der Waals surface area contributed by atoms with Gasteiger partial charge in [0.1, 0.15) is 12.3 Å². The summed E-state index contributed by atoms with van der Waals surface area (Å²) < 4.78 is 31.1. The van der Waals surface area contributed by atoms with Gasteiger partial charge in [0.2, 0.25) is 0 Å². The van der Waals surface area contributed by atoms with E-state index in [1.807, 2.05) is 91.0 Å². The molecule has 3 rings (SSSR count). The maximum absolute atomic E-state index is 16.2. The Morgan fingerprint density at radius 3 is 1.08 bits per heavy atom. The van der Waals surface area contributed by atoms with E-state index in [2.05, 4.69) is 0 Å². The van der Waals surface area contributed by atoms with E-state index in [1.165, 1.54) is 4.31 Å². The molecule has 0 saturated heterocycles. The second-order valence-corrected chi connectivity index (χ2v) is 15.2. The SMILES string of the molecule is CN(C)SF.[F][Sn]([c]1ccccc1)([c]1ccccc1)[c]1ccccc1. The molecule has 0 aliphatic rings. The summed E-state index contributed by atoms with van der Waals surface area (Å²) in [5.41, 5.74) is 0. The van der Waals surface area contributed by atoms with Crippen LogP contribution in [0, 0.1) is 0 Å². The quantitative estimate of drug-likeness (QED) is 0.428. The predicted molar refractivity (Wildman–Crippen MR) is 107 cm³/mol. The average molecular weight is 464 g/mol. The van der Waals surface area contributed by atoms with Gasteiger partial charge in [0, 0.05) is 0 Å². The molecule has 0 aliphatic heterocycles. The zero-order valence-corrected chi connectivity index (χ0v) is 17.9. The molecule has 0 heterocycles. The van der Waals surface area contributed by atoms with Crippen LogP contribution < -0.4 is 10.7 Å². The topological polar surface area (TPSA) is 3.24 Å². The summed E-state index contributed by atoms with van der Waals surface area (Å²) in [6.07, 6.45) is 0. The van der Waals surface area contributed by atoms with Crippen LogP contribution in [0.3, 0.4) is 0 Å². The average Bonchev–Trinajstić information content (AvgIpc) is 2.70. The van der Waals surface area contributed by atoms with Gasteiger partial charge < -0.3 is 0 Å². The Bertz CT molecular complexity index is 643. The molecule has 130 valence electrons. The van der Waals surface area contributed by atoms with Crippen LogP contribution in [0.4, 0.5) is 6.75 Å². The number of halogens is 2. The molecule has 0 atom stereocenters. The van der Waals surface area contributed by atoms with Crippen LogP contribution in [-0.4, -0.2) is 37.3 Å². The standard InChI is InChI=1S/3C6H5.C2H6FNS.FH.Sn/c3*1-2-4-6-5-3-1;1-4(2)5-3;;/h3*1-5H;1-2H3;1H;/q;;;;;+1/p-1. The van der Waals surface area contributed by atoms with Crippen LogP contribution >= 0.6 is 12.3 Å². The fraction of sp³-hybridized carbons (Fsp3) is 0.100. The molecule has 0 N–H and O–H groups in total. The number of benzene rings is 3. The number of nitrogens with zero attached hydrogens (tertiary/aromatic N) is 1. The zero-order chi connectivity index (χ0) is 18.1. The molecule has 3 aromatic carbocycles. The zero-order valence-electron chi connectivity index (χ0n) is 14.3. The van der Waals surface area contributed by atoms with E-state index in [0.717, 1.165) is 10.7 Å². The fourth-order valence-electron chi connectivity index (χ4n) is 2.50. The first-order chi connectivity index (χ1) is 12.1. The predicted octanol–water partition coefficient (Wildman–Crippen LogP) is 3.70. The van der Waals surface area contributed by atoms with Crippen molar-refractivity contribution < 1.29 is 6.75 Å². The second kappa shape index (κ2) is 9.94. The molecule has 0 aromatic heterocycles. The molecule has 25 heavy (non-hydrogen) atoms. The minimum atomic E-state index is -4.28. The van der Waals surface area contributed by atoms with Gasteiger partial charge in [-0.15, -0.1) is 3.89 Å². The van der Waals surface area contributed by atoms with E-state index in [-0.39, 0.29) is 12.3 Å². The molecule has 0 fully saturated rings. The second-order valence-electron chi connectivity index (χ2n) is 5.64. The molecular weight excluding hydrogens is 443 g/mol. The van der Waals surface area contributed by atoms with Gasteiger partial charge in [-0.05, 0) is 14.1 Å². The molecule has 0 radical (unpaired) electrons. The van der Waals surface area contributed by atoms with Crippen molar-refractivity contribution in [1.29, 1.82) is 0 Å². The van der Waals surface area contributed by atoms with Crippen molar-refractivity contribution in [2.24, 2.45) is 0 Å². The first-order valence-electron chi connectivity index (χ1n) is 7.90. The fourth-order valence-corrected chi connectivity index (χ4v) is 10.9. The van der Waals surface area contributed by atoms with Crippen molar-refractivity contribution in [2.45, 2.75) is 0 Å². The molecule has 0 amide bonds. The Morgan fingerprint density at radius 2 is 0.880 bits per heavy atom. The Balaban J connectivity index is 0.000000399. The first-order valence-corrected chi connectivity index (χ1v) is 13.9. The Morgan fingerprint density at radius 1 is 0.640 bits per heavy atom. The van der Waals surface area contributed by atoms with E-state index in [0.29, 0.717) is 0 Å². The Labute approximate surface area is 157 Å². The van der Waals surface area contributed by atoms with Crippen LogP contribution in [-0.2, 0) is 0 Å². The summed E-state index contributed by atoms with van der Waals surface area (Å²) in [6, 6.07) is 28.9. The third-order valence-corrected chi connectivity index (χ3v) is 13.6. The molecular formula is C20H21F2NSSn. The van der Waals surface area contributed by atoms with Crippen molar-refractivity contribution in [3.63, 3.8) is 0 Å². The summed E-state index contributed by atoms with van der Waals surface area (Å²) in [5.74, 6) is 0. The van der Waals surface area contributed by atoms with Gasteiger partial charge in [0.25, 0.3) is 0 Å². The van der Waals surface area contributed by atoms with Crippen molar-refractivity contribution in [2.75, 3.05) is 14.1 Å². The monoisotopic (exact) mass is 465 g/mol. The van der Waals surface area contributed by atoms with E-state index in [1.54, 1.807) is 14.1 Å². The molecule has 5 heteroatoms. The Hall–Kier alpha value is -1.37. The van der Waals surface area contributed by atoms with Crippen LogP contribution in [0.2, 0.25) is 0 Å². The molecule has 0 bridgehead atoms. The minimum absolute atomic E-state index is 0.213. The number of hydrogen-bond acceptors (Lipinski definition) is 2. The van der Waals surface area contributed by atoms with Gasteiger partial charge in [0.05, 0.1) is 0 Å². The molecule has 0 spiro atoms. The summed E-state index contributed by atoms with van der Waals surface area (Å²) in [7, 11) is 3.29. The Kier molecular flexibility index (Phi) is 7.93. The van der Waals surface area contributed by atoms with E-state index >= 15 is 2.87 Å². The van der Waals surface area contributed by atoms with Crippen LogP contribution in [0.25, 0.3) is 0 Å². The van der Waals surface area contributed by atoms with Crippen LogP contribution in [0.5, 0.6) is 0 Å². The number of hydrogen-bond donors (Lipinski definition) is 0. The van der Waals surface area contributed by atoms with Gasteiger partial charge in [-0.1, -0.05) is 0 Å². The summed E-state index contributed by atoms with van der Waals surface area (Å²) in [6.45, 7) is 0. The summed E-state index contributed by atoms with van der Waals surface area (Å²) in [4.78, 5) is 0. The normalized spacial score (nSPS) is 10.9. The van der Waals surface area contributed by atoms with Crippen molar-refractivity contribution in [3.8, 4) is 0 Å². The number of rotatable bonds is 4. The summed E-state index contributed by atoms with van der Waals surface area (Å²) >= 11 is -4.06. The van der Waals surface area contributed by atoms with Gasteiger partial charge in [0.15, 0.2) is 0 Å². The molecule has 0 unspecified atom stereocenters. The third-order valence-electron chi connectivity index (χ3n) is 3.65.